The SMILES string of the molecule is CC(C)N1[C@H](C(C)(C)C)COC12CCOCC2.CC(C)N1[C@H](C(C)(C)C)CSC12CCOCC2.CC(C)[C@@H]1CC2(COC2)CN1C(C)C.CC(C)[C@@H]1COC2(CCS(=O)(=O)CC2)N1C(C)C.CC(C)[C@@H]1COC2(COC2)N1C(C)C.CC(C)[C@@H]1CSC2(CCS(=O)(=O)CC2)N1C(C)C.CC(C)[C@@H]1CSC2(COC2)N1C(C)C. The van der Waals surface area contributed by atoms with E-state index in [1.54, 1.807) is 0 Å². The summed E-state index contributed by atoms with van der Waals surface area (Å²) in [7, 11) is -5.61. The van der Waals surface area contributed by atoms with Gasteiger partial charge in [0.2, 0.25) is 0 Å². The van der Waals surface area contributed by atoms with Crippen LogP contribution in [0, 0.1) is 45.8 Å². The summed E-state index contributed by atoms with van der Waals surface area (Å²) >= 11 is 6.29. The van der Waals surface area contributed by atoms with Crippen LogP contribution in [0.15, 0.2) is 0 Å². The van der Waals surface area contributed by atoms with E-state index < -0.39 is 19.7 Å². The van der Waals surface area contributed by atoms with Crippen LogP contribution in [0.3, 0.4) is 0 Å². The van der Waals surface area contributed by atoms with Crippen LogP contribution in [0.2, 0.25) is 0 Å². The third-order valence-corrected chi connectivity index (χ3v) is 35.5. The van der Waals surface area contributed by atoms with Crippen molar-refractivity contribution >= 4 is 55.0 Å². The Labute approximate surface area is 699 Å². The Bertz CT molecular complexity index is 2860. The van der Waals surface area contributed by atoms with Crippen LogP contribution in [0.25, 0.3) is 0 Å². The fourth-order valence-corrected chi connectivity index (χ4v) is 30.4. The lowest BCUT2D eigenvalue weighted by Crippen LogP contribution is -2.63. The number of rotatable bonds is 12. The van der Waals surface area contributed by atoms with Crippen molar-refractivity contribution in [3.63, 3.8) is 0 Å². The summed E-state index contributed by atoms with van der Waals surface area (Å²) in [5.74, 6) is 8.32. The predicted octanol–water partition coefficient (Wildman–Crippen LogP) is 15.9. The van der Waals surface area contributed by atoms with Gasteiger partial charge in [-0.25, -0.2) is 16.8 Å². The Morgan fingerprint density at radius 3 is 1.03 bits per heavy atom. The van der Waals surface area contributed by atoms with Crippen LogP contribution in [0.4, 0.5) is 0 Å². The van der Waals surface area contributed by atoms with Gasteiger partial charge < -0.3 is 37.9 Å². The lowest BCUT2D eigenvalue weighted by molar-refractivity contribution is -0.250. The number of hydrogen-bond donors (Lipinski definition) is 0. The van der Waals surface area contributed by atoms with Gasteiger partial charge in [-0.15, -0.1) is 35.3 Å². The van der Waals surface area contributed by atoms with E-state index in [-0.39, 0.29) is 39.0 Å². The molecule has 14 aliphatic rings. The first-order chi connectivity index (χ1) is 52.0. The second kappa shape index (κ2) is 39.5. The van der Waals surface area contributed by atoms with Gasteiger partial charge in [0.25, 0.3) is 0 Å². The van der Waals surface area contributed by atoms with E-state index in [0.29, 0.717) is 135 Å². The van der Waals surface area contributed by atoms with Crippen LogP contribution in [-0.4, -0.2) is 300 Å². The normalized spacial score (nSPS) is 31.2. The van der Waals surface area contributed by atoms with Crippen LogP contribution in [0.5, 0.6) is 0 Å². The first kappa shape index (κ1) is 97.8. The average Bonchev–Trinajstić information content (AvgIpc) is 1.60. The summed E-state index contributed by atoms with van der Waals surface area (Å²) in [6.45, 7) is 81.4. The molecule has 0 N–H and O–H groups in total. The molecule has 14 heterocycles. The Morgan fingerprint density at radius 2 is 0.670 bits per heavy atom. The Morgan fingerprint density at radius 1 is 0.321 bits per heavy atom. The van der Waals surface area contributed by atoms with Crippen LogP contribution >= 0.6 is 35.3 Å². The number of hydrogen-bond acceptors (Lipinski definition) is 22. The first-order valence-corrected chi connectivity index (χ1v) is 51.2. The standard InChI is InChI=1S/C14H27NO2.C14H27NOS.C13H25NO3S.C13H25NO2S2.C12H23NO.C11H21NO2.C11H21NOS/c2*1-11(2)15-12(13(3,4)5)10-17-14(15)6-8-16-9-7-14;2*1-10(2)12-9-17-13(14(12)11(3)4)5-7-18(15,16)8-6-13;1-9(2)11-5-12(7-14-8-12)6-13(11)10(3)4;2*1-8(2)10-5-14-11(6-13-7-11)12(10)9(3)4/h2*11-12H,6-10H2,1-5H3;2*10-12H,5-9H2,1-4H3;9-11H,5-8H2,1-4H3;2*8-10H,5-7H2,1-4H3/t4*12-;11-;2*10-/m0000000/s1. The molecule has 7 spiro atoms. The molecule has 14 saturated heterocycles. The second-order valence-corrected chi connectivity index (χ2v) is 50.6. The molecule has 24 heteroatoms. The van der Waals surface area contributed by atoms with E-state index >= 15 is 0 Å². The Hall–Kier alpha value is 0.350. The van der Waals surface area contributed by atoms with Crippen molar-refractivity contribution in [3.05, 3.63) is 0 Å². The highest BCUT2D eigenvalue weighted by Crippen LogP contribution is 2.54. The van der Waals surface area contributed by atoms with Gasteiger partial charge in [-0.2, -0.15) is 0 Å². The van der Waals surface area contributed by atoms with Crippen molar-refractivity contribution in [2.24, 2.45) is 45.8 Å². The predicted molar refractivity (Wildman–Crippen MR) is 470 cm³/mol. The quantitative estimate of drug-likeness (QED) is 0.181. The van der Waals surface area contributed by atoms with Gasteiger partial charge in [-0.1, -0.05) is 111 Å². The molecular formula is C88H169N7O12S5. The minimum atomic E-state index is -2.84. The van der Waals surface area contributed by atoms with E-state index in [0.717, 1.165) is 141 Å². The molecule has 0 unspecified atom stereocenters. The van der Waals surface area contributed by atoms with Gasteiger partial charge in [-0.3, -0.25) is 34.3 Å². The smallest absolute Gasteiger partial charge is 0.169 e. The monoisotopic (exact) mass is 1680 g/mol. The molecule has 0 amide bonds. The zero-order valence-electron chi connectivity index (χ0n) is 76.8. The molecule has 14 rings (SSSR count). The maximum Gasteiger partial charge on any atom is 0.169 e. The maximum atomic E-state index is 11.7. The molecule has 0 aromatic heterocycles. The molecule has 14 aliphatic heterocycles. The third kappa shape index (κ3) is 22.5. The van der Waals surface area contributed by atoms with Crippen molar-refractivity contribution in [3.8, 4) is 0 Å². The van der Waals surface area contributed by atoms with Gasteiger partial charge >= 0.3 is 0 Å². The van der Waals surface area contributed by atoms with E-state index in [9.17, 15) is 16.8 Å². The molecular weight excluding hydrogens is 1510 g/mol. The van der Waals surface area contributed by atoms with Gasteiger partial charge in [0.15, 0.2) is 25.4 Å². The molecule has 0 aliphatic carbocycles. The van der Waals surface area contributed by atoms with Crippen molar-refractivity contribution < 1.29 is 54.7 Å². The minimum Gasteiger partial charge on any atom is -0.381 e. The van der Waals surface area contributed by atoms with Crippen molar-refractivity contribution in [2.75, 3.05) is 133 Å². The average molecular weight is 1680 g/mol. The molecule has 0 aromatic rings. The fraction of sp³-hybridized carbons (Fsp3) is 1.00. The van der Waals surface area contributed by atoms with Gasteiger partial charge in [0, 0.05) is 153 Å². The summed E-state index contributed by atoms with van der Waals surface area (Å²) < 4.78 is 91.9. The summed E-state index contributed by atoms with van der Waals surface area (Å²) in [4.78, 5) is 19.1. The number of thioether (sulfide) groups is 3. The summed E-state index contributed by atoms with van der Waals surface area (Å²) in [6.07, 6.45) is 8.62. The second-order valence-electron chi connectivity index (χ2n) is 41.8. The number of nitrogens with zero attached hydrogens (tertiary/aromatic N) is 7. The molecule has 0 bridgehead atoms. The lowest BCUT2D eigenvalue weighted by Gasteiger charge is -2.48. The minimum absolute atomic E-state index is 0.0512. The molecule has 112 heavy (non-hydrogen) atoms. The highest BCUT2D eigenvalue weighted by Gasteiger charge is 2.59. The molecule has 0 aromatic carbocycles. The van der Waals surface area contributed by atoms with Gasteiger partial charge in [0.05, 0.1) is 105 Å². The van der Waals surface area contributed by atoms with Crippen molar-refractivity contribution in [1.82, 2.24) is 34.3 Å². The maximum absolute atomic E-state index is 11.7. The van der Waals surface area contributed by atoms with Crippen molar-refractivity contribution in [2.45, 2.75) is 382 Å². The number of likely N-dealkylation sites (tertiary alicyclic amines) is 1. The van der Waals surface area contributed by atoms with E-state index in [1.165, 1.54) is 37.3 Å². The summed E-state index contributed by atoms with van der Waals surface area (Å²) in [6, 6.07) is 8.19. The molecule has 0 radical (unpaired) electrons. The Balaban J connectivity index is 0.000000164. The molecule has 14 fully saturated rings. The summed E-state index contributed by atoms with van der Waals surface area (Å²) in [5, 5.41) is 0. The highest BCUT2D eigenvalue weighted by atomic mass is 32.2. The highest BCUT2D eigenvalue weighted by molar-refractivity contribution is 8.01. The first-order valence-electron chi connectivity index (χ1n) is 44.6. The molecule has 658 valence electrons. The van der Waals surface area contributed by atoms with E-state index in [2.05, 4.69) is 266 Å². The zero-order valence-corrected chi connectivity index (χ0v) is 80.8. The van der Waals surface area contributed by atoms with Crippen LogP contribution in [-0.2, 0) is 57.6 Å². The molecule has 0 saturated carbocycles. The Kier molecular flexibility index (Phi) is 34.5. The van der Waals surface area contributed by atoms with Gasteiger partial charge in [0.1, 0.15) is 16.3 Å². The van der Waals surface area contributed by atoms with Gasteiger partial charge in [-0.05, 0) is 169 Å². The fourth-order valence-electron chi connectivity index (χ4n) is 21.2. The largest absolute Gasteiger partial charge is 0.381 e. The van der Waals surface area contributed by atoms with Crippen LogP contribution in [0.1, 0.15) is 265 Å². The van der Waals surface area contributed by atoms with Crippen LogP contribution < -0.4 is 0 Å². The third-order valence-electron chi connectivity index (χ3n) is 27.4. The summed E-state index contributed by atoms with van der Waals surface area (Å²) in [5.41, 5.74) is 0.715. The van der Waals surface area contributed by atoms with Crippen molar-refractivity contribution in [1.29, 1.82) is 0 Å². The van der Waals surface area contributed by atoms with E-state index in [4.69, 9.17) is 37.9 Å². The lowest BCUT2D eigenvalue weighted by atomic mass is 9.82. The molecule has 7 atom stereocenters. The topological polar surface area (TPSA) is 165 Å². The molecule has 19 nitrogen and oxygen atoms in total. The number of sulfone groups is 2. The number of ether oxygens (including phenoxy) is 8. The van der Waals surface area contributed by atoms with E-state index in [1.807, 2.05) is 11.8 Å². The zero-order chi connectivity index (χ0) is 83.5.